The van der Waals surface area contributed by atoms with Gasteiger partial charge in [-0.2, -0.15) is 5.10 Å². The fourth-order valence-electron chi connectivity index (χ4n) is 1.67. The zero-order chi connectivity index (χ0) is 13.3. The first kappa shape index (κ1) is 13.1. The third-order valence-electron chi connectivity index (χ3n) is 2.62. The molecule has 2 rings (SSSR count). The molecule has 0 saturated carbocycles. The zero-order valence-electron chi connectivity index (χ0n) is 9.94. The summed E-state index contributed by atoms with van der Waals surface area (Å²) in [7, 11) is 1.74. The molecule has 94 valence electrons. The van der Waals surface area contributed by atoms with Crippen molar-refractivity contribution in [3.05, 3.63) is 45.5 Å². The topological polar surface area (TPSA) is 47.8 Å². The molecule has 6 heteroatoms. The van der Waals surface area contributed by atoms with Crippen molar-refractivity contribution in [1.82, 2.24) is 14.8 Å². The van der Waals surface area contributed by atoms with E-state index in [4.69, 9.17) is 23.2 Å². The average Bonchev–Trinajstić information content (AvgIpc) is 2.57. The molecule has 0 N–H and O–H groups in total. The van der Waals surface area contributed by atoms with Crippen LogP contribution in [0.15, 0.2) is 18.3 Å². The molecule has 0 fully saturated rings. The molecule has 2 heterocycles. The Morgan fingerprint density at radius 1 is 1.39 bits per heavy atom. The Morgan fingerprint density at radius 3 is 2.61 bits per heavy atom. The third-order valence-corrected chi connectivity index (χ3v) is 3.32. The summed E-state index contributed by atoms with van der Waals surface area (Å²) in [5.41, 5.74) is 1.87. The van der Waals surface area contributed by atoms with Gasteiger partial charge in [-0.05, 0) is 19.1 Å². The van der Waals surface area contributed by atoms with Crippen LogP contribution >= 0.6 is 23.2 Å². The van der Waals surface area contributed by atoms with Crippen molar-refractivity contribution in [3.63, 3.8) is 0 Å². The van der Waals surface area contributed by atoms with Crippen molar-refractivity contribution in [2.45, 2.75) is 13.3 Å². The molecule has 0 aromatic carbocycles. The van der Waals surface area contributed by atoms with Gasteiger partial charge in [-0.25, -0.2) is 0 Å². The van der Waals surface area contributed by atoms with Crippen molar-refractivity contribution < 1.29 is 4.79 Å². The molecule has 0 aliphatic carbocycles. The lowest BCUT2D eigenvalue weighted by atomic mass is 10.1. The van der Waals surface area contributed by atoms with E-state index >= 15 is 0 Å². The van der Waals surface area contributed by atoms with Gasteiger partial charge in [0.05, 0.1) is 10.7 Å². The van der Waals surface area contributed by atoms with Gasteiger partial charge in [-0.1, -0.05) is 23.2 Å². The minimum Gasteiger partial charge on any atom is -0.292 e. The molecule has 0 unspecified atom stereocenters. The van der Waals surface area contributed by atoms with Crippen molar-refractivity contribution in [2.24, 2.45) is 7.05 Å². The highest BCUT2D eigenvalue weighted by Crippen LogP contribution is 2.20. The number of hydrogen-bond donors (Lipinski definition) is 0. The molecule has 0 spiro atoms. The average molecular weight is 284 g/mol. The lowest BCUT2D eigenvalue weighted by Gasteiger charge is -2.00. The van der Waals surface area contributed by atoms with E-state index in [1.807, 2.05) is 6.92 Å². The van der Waals surface area contributed by atoms with Crippen LogP contribution in [-0.2, 0) is 13.5 Å². The number of halogens is 2. The van der Waals surface area contributed by atoms with E-state index in [9.17, 15) is 4.79 Å². The van der Waals surface area contributed by atoms with Crippen LogP contribution in [0, 0.1) is 6.92 Å². The molecule has 0 radical (unpaired) electrons. The van der Waals surface area contributed by atoms with Gasteiger partial charge in [-0.3, -0.25) is 14.5 Å². The largest absolute Gasteiger partial charge is 0.292 e. The van der Waals surface area contributed by atoms with Crippen LogP contribution < -0.4 is 0 Å². The number of carbonyl (C=O) groups is 1. The minimum atomic E-state index is -0.107. The van der Waals surface area contributed by atoms with Crippen LogP contribution in [0.25, 0.3) is 0 Å². The van der Waals surface area contributed by atoms with E-state index in [1.165, 1.54) is 6.20 Å². The van der Waals surface area contributed by atoms with Gasteiger partial charge in [0, 0.05) is 25.2 Å². The second kappa shape index (κ2) is 5.08. The van der Waals surface area contributed by atoms with Gasteiger partial charge in [0.1, 0.15) is 10.8 Å². The van der Waals surface area contributed by atoms with E-state index in [1.54, 1.807) is 23.9 Å². The van der Waals surface area contributed by atoms with E-state index in [-0.39, 0.29) is 12.2 Å². The molecule has 2 aromatic heterocycles. The van der Waals surface area contributed by atoms with Crippen LogP contribution in [0.3, 0.4) is 0 Å². The van der Waals surface area contributed by atoms with Crippen molar-refractivity contribution >= 4 is 29.0 Å². The summed E-state index contributed by atoms with van der Waals surface area (Å²) in [6.07, 6.45) is 1.64. The van der Waals surface area contributed by atoms with Gasteiger partial charge in [0.15, 0.2) is 5.78 Å². The Morgan fingerprint density at radius 2 is 2.11 bits per heavy atom. The minimum absolute atomic E-state index is 0.107. The first-order valence-electron chi connectivity index (χ1n) is 5.31. The molecule has 0 aliphatic rings. The molecule has 0 bridgehead atoms. The Hall–Kier alpha value is -1.39. The standard InChI is InChI=1S/C12H11Cl2N3O/c1-7-9(12(14)17(2)16-7)5-11(18)10-4-3-8(13)6-15-10/h3-4,6H,5H2,1-2H3. The third kappa shape index (κ3) is 2.54. The maximum Gasteiger partial charge on any atom is 0.185 e. The van der Waals surface area contributed by atoms with Crippen LogP contribution in [0.5, 0.6) is 0 Å². The quantitative estimate of drug-likeness (QED) is 0.814. The first-order chi connectivity index (χ1) is 8.49. The van der Waals surface area contributed by atoms with Gasteiger partial charge in [0.25, 0.3) is 0 Å². The van der Waals surface area contributed by atoms with Gasteiger partial charge in [0.2, 0.25) is 0 Å². The zero-order valence-corrected chi connectivity index (χ0v) is 11.5. The van der Waals surface area contributed by atoms with Crippen LogP contribution in [-0.4, -0.2) is 20.5 Å². The number of aromatic nitrogens is 3. The predicted molar refractivity (Wildman–Crippen MR) is 70.2 cm³/mol. The lowest BCUT2D eigenvalue weighted by molar-refractivity contribution is 0.0988. The number of pyridine rings is 1. The SMILES string of the molecule is Cc1nn(C)c(Cl)c1CC(=O)c1ccc(Cl)cn1. The molecule has 0 amide bonds. The van der Waals surface area contributed by atoms with Crippen LogP contribution in [0.1, 0.15) is 21.7 Å². The Kier molecular flexibility index (Phi) is 3.68. The van der Waals surface area contributed by atoms with Crippen LogP contribution in [0.4, 0.5) is 0 Å². The number of hydrogen-bond acceptors (Lipinski definition) is 3. The Balaban J connectivity index is 2.24. The maximum atomic E-state index is 12.0. The number of rotatable bonds is 3. The van der Waals surface area contributed by atoms with Gasteiger partial charge in [-0.15, -0.1) is 0 Å². The smallest absolute Gasteiger partial charge is 0.185 e. The summed E-state index contributed by atoms with van der Waals surface area (Å²) >= 11 is 11.8. The van der Waals surface area contributed by atoms with Crippen molar-refractivity contribution in [2.75, 3.05) is 0 Å². The monoisotopic (exact) mass is 283 g/mol. The fourth-order valence-corrected chi connectivity index (χ4v) is 2.02. The van der Waals surface area contributed by atoms with Crippen molar-refractivity contribution in [1.29, 1.82) is 0 Å². The first-order valence-corrected chi connectivity index (χ1v) is 6.07. The molecular weight excluding hydrogens is 273 g/mol. The number of aryl methyl sites for hydroxylation is 2. The van der Waals surface area contributed by atoms with Gasteiger partial charge < -0.3 is 0 Å². The summed E-state index contributed by atoms with van der Waals surface area (Å²) in [4.78, 5) is 16.0. The number of nitrogens with zero attached hydrogens (tertiary/aromatic N) is 3. The Labute approximate surface area is 115 Å². The van der Waals surface area contributed by atoms with E-state index < -0.39 is 0 Å². The second-order valence-corrected chi connectivity index (χ2v) is 4.73. The normalized spacial score (nSPS) is 10.7. The molecular formula is C12H11Cl2N3O. The summed E-state index contributed by atoms with van der Waals surface area (Å²) in [6.45, 7) is 1.82. The Bertz CT molecular complexity index is 590. The fraction of sp³-hybridized carbons (Fsp3) is 0.250. The lowest BCUT2D eigenvalue weighted by Crippen LogP contribution is -2.06. The molecule has 0 aliphatic heterocycles. The van der Waals surface area contributed by atoms with Crippen LogP contribution in [0.2, 0.25) is 10.2 Å². The maximum absolute atomic E-state index is 12.0. The van der Waals surface area contributed by atoms with Crippen molar-refractivity contribution in [3.8, 4) is 0 Å². The second-order valence-electron chi connectivity index (χ2n) is 3.94. The molecule has 18 heavy (non-hydrogen) atoms. The molecule has 4 nitrogen and oxygen atoms in total. The van der Waals surface area contributed by atoms with E-state index in [2.05, 4.69) is 10.1 Å². The van der Waals surface area contributed by atoms with E-state index in [0.717, 1.165) is 11.3 Å². The predicted octanol–water partition coefficient (Wildman–Crippen LogP) is 2.86. The molecule has 2 aromatic rings. The summed E-state index contributed by atoms with van der Waals surface area (Å²) in [5, 5.41) is 5.15. The number of carbonyl (C=O) groups excluding carboxylic acids is 1. The highest BCUT2D eigenvalue weighted by molar-refractivity contribution is 6.31. The summed E-state index contributed by atoms with van der Waals surface area (Å²) in [6, 6.07) is 3.24. The highest BCUT2D eigenvalue weighted by atomic mass is 35.5. The molecule has 0 saturated heterocycles. The van der Waals surface area contributed by atoms with Gasteiger partial charge >= 0.3 is 0 Å². The highest BCUT2D eigenvalue weighted by Gasteiger charge is 2.16. The molecule has 0 atom stereocenters. The number of Topliss-reactive ketones (excluding diaryl/α,β-unsaturated/α-hetero) is 1. The summed E-state index contributed by atoms with van der Waals surface area (Å²) in [5.74, 6) is -0.107. The van der Waals surface area contributed by atoms with E-state index in [0.29, 0.717) is 15.9 Å². The number of ketones is 1. The summed E-state index contributed by atoms with van der Waals surface area (Å²) < 4.78 is 1.55.